The van der Waals surface area contributed by atoms with Crippen LogP contribution in [-0.2, 0) is 6.54 Å². The van der Waals surface area contributed by atoms with Gasteiger partial charge in [0.05, 0.1) is 12.7 Å². The summed E-state index contributed by atoms with van der Waals surface area (Å²) in [5, 5.41) is 3.29. The zero-order valence-electron chi connectivity index (χ0n) is 16.0. The number of hydrogen-bond acceptors (Lipinski definition) is 4. The summed E-state index contributed by atoms with van der Waals surface area (Å²) in [4.78, 5) is 14.2. The highest BCUT2D eigenvalue weighted by molar-refractivity contribution is 5.99. The second kappa shape index (κ2) is 9.00. The Labute approximate surface area is 160 Å². The van der Waals surface area contributed by atoms with E-state index >= 15 is 0 Å². The maximum atomic E-state index is 13.9. The molecule has 4 nitrogen and oxygen atoms in total. The molecule has 1 saturated heterocycles. The van der Waals surface area contributed by atoms with Crippen LogP contribution in [0.3, 0.4) is 0 Å². The van der Waals surface area contributed by atoms with E-state index in [9.17, 15) is 9.18 Å². The Bertz CT molecular complexity index is 768. The molecular weight excluding hydrogens is 343 g/mol. The van der Waals surface area contributed by atoms with Crippen molar-refractivity contribution in [3.63, 3.8) is 0 Å². The van der Waals surface area contributed by atoms with Crippen molar-refractivity contribution >= 4 is 11.5 Å². The molecular formula is C22H27FN2O2. The molecule has 0 bridgehead atoms. The molecule has 1 aliphatic rings. The standard InChI is InChI=1S/C22H27FN2O2/c1-16(26)22-20(23)4-3-5-21(22)24-14-17-10-12-25(13-11-17)15-18-6-8-19(27-2)9-7-18/h3-9,17,24H,10-15H2,1-2H3. The van der Waals surface area contributed by atoms with Gasteiger partial charge in [-0.2, -0.15) is 0 Å². The maximum absolute atomic E-state index is 13.9. The zero-order valence-corrected chi connectivity index (χ0v) is 16.0. The summed E-state index contributed by atoms with van der Waals surface area (Å²) in [6, 6.07) is 13.0. The molecule has 3 rings (SSSR count). The van der Waals surface area contributed by atoms with E-state index < -0.39 is 5.82 Å². The summed E-state index contributed by atoms with van der Waals surface area (Å²) < 4.78 is 19.1. The molecule has 0 amide bonds. The normalized spacial score (nSPS) is 15.5. The van der Waals surface area contributed by atoms with E-state index in [4.69, 9.17) is 4.74 Å². The van der Waals surface area contributed by atoms with Crippen LogP contribution in [0.1, 0.15) is 35.7 Å². The van der Waals surface area contributed by atoms with Crippen molar-refractivity contribution in [2.24, 2.45) is 5.92 Å². The smallest absolute Gasteiger partial charge is 0.164 e. The average molecular weight is 370 g/mol. The third kappa shape index (κ3) is 5.07. The summed E-state index contributed by atoms with van der Waals surface area (Å²) in [5.74, 6) is 0.706. The van der Waals surface area contributed by atoms with Gasteiger partial charge in [-0.3, -0.25) is 9.69 Å². The van der Waals surface area contributed by atoms with Crippen LogP contribution in [0.4, 0.5) is 10.1 Å². The summed E-state index contributed by atoms with van der Waals surface area (Å²) >= 11 is 0. The Morgan fingerprint density at radius 2 is 1.89 bits per heavy atom. The third-order valence-corrected chi connectivity index (χ3v) is 5.22. The van der Waals surface area contributed by atoms with Gasteiger partial charge in [0.2, 0.25) is 0 Å². The molecule has 0 aliphatic carbocycles. The van der Waals surface area contributed by atoms with Crippen LogP contribution in [0.5, 0.6) is 5.75 Å². The number of ketones is 1. The molecule has 5 heteroatoms. The lowest BCUT2D eigenvalue weighted by molar-refractivity contribution is 0.101. The molecule has 0 aromatic heterocycles. The van der Waals surface area contributed by atoms with E-state index in [1.807, 2.05) is 12.1 Å². The van der Waals surface area contributed by atoms with Crippen LogP contribution >= 0.6 is 0 Å². The molecule has 0 spiro atoms. The number of benzene rings is 2. The lowest BCUT2D eigenvalue weighted by Crippen LogP contribution is -2.35. The molecule has 1 fully saturated rings. The number of anilines is 1. The van der Waals surface area contributed by atoms with Gasteiger partial charge in [0.15, 0.2) is 5.78 Å². The molecule has 1 N–H and O–H groups in total. The van der Waals surface area contributed by atoms with E-state index in [1.54, 1.807) is 19.2 Å². The minimum atomic E-state index is -0.457. The van der Waals surface area contributed by atoms with Crippen molar-refractivity contribution in [1.82, 2.24) is 4.90 Å². The van der Waals surface area contributed by atoms with Crippen molar-refractivity contribution in [3.8, 4) is 5.75 Å². The largest absolute Gasteiger partial charge is 0.497 e. The first-order valence-electron chi connectivity index (χ1n) is 9.45. The number of carbonyl (C=O) groups is 1. The van der Waals surface area contributed by atoms with E-state index in [-0.39, 0.29) is 11.3 Å². The van der Waals surface area contributed by atoms with E-state index in [0.717, 1.165) is 44.8 Å². The molecule has 0 unspecified atom stereocenters. The van der Waals surface area contributed by atoms with Gasteiger partial charge in [0, 0.05) is 18.8 Å². The molecule has 0 saturated carbocycles. The molecule has 0 radical (unpaired) electrons. The van der Waals surface area contributed by atoms with Crippen LogP contribution in [-0.4, -0.2) is 37.4 Å². The summed E-state index contributed by atoms with van der Waals surface area (Å²) in [7, 11) is 1.68. The number of rotatable bonds is 7. The summed E-state index contributed by atoms with van der Waals surface area (Å²) in [6.07, 6.45) is 2.18. The maximum Gasteiger partial charge on any atom is 0.164 e. The van der Waals surface area contributed by atoms with E-state index in [2.05, 4.69) is 22.3 Å². The Balaban J connectivity index is 1.48. The lowest BCUT2D eigenvalue weighted by atomic mass is 9.96. The van der Waals surface area contributed by atoms with Gasteiger partial charge < -0.3 is 10.1 Å². The SMILES string of the molecule is COc1ccc(CN2CCC(CNc3cccc(F)c3C(C)=O)CC2)cc1. The minimum Gasteiger partial charge on any atom is -0.497 e. The van der Waals surface area contributed by atoms with Crippen molar-refractivity contribution in [1.29, 1.82) is 0 Å². The topological polar surface area (TPSA) is 41.6 Å². The van der Waals surface area contributed by atoms with Crippen LogP contribution in [0, 0.1) is 11.7 Å². The Hall–Kier alpha value is -2.40. The average Bonchev–Trinajstić information content (AvgIpc) is 2.68. The molecule has 2 aromatic carbocycles. The van der Waals surface area contributed by atoms with Crippen LogP contribution in [0.15, 0.2) is 42.5 Å². The number of hydrogen-bond donors (Lipinski definition) is 1. The Morgan fingerprint density at radius 3 is 2.52 bits per heavy atom. The quantitative estimate of drug-likeness (QED) is 0.735. The molecule has 1 aliphatic heterocycles. The highest BCUT2D eigenvalue weighted by Gasteiger charge is 2.20. The van der Waals surface area contributed by atoms with Gasteiger partial charge in [-0.15, -0.1) is 0 Å². The van der Waals surface area contributed by atoms with Crippen molar-refractivity contribution < 1.29 is 13.9 Å². The van der Waals surface area contributed by atoms with E-state index in [1.165, 1.54) is 18.6 Å². The minimum absolute atomic E-state index is 0.162. The van der Waals surface area contributed by atoms with Crippen LogP contribution in [0.25, 0.3) is 0 Å². The van der Waals surface area contributed by atoms with Crippen LogP contribution in [0.2, 0.25) is 0 Å². The number of Topliss-reactive ketones (excluding diaryl/α,β-unsaturated/α-hetero) is 1. The van der Waals surface area contributed by atoms with Gasteiger partial charge in [0.25, 0.3) is 0 Å². The first-order chi connectivity index (χ1) is 13.1. The fourth-order valence-electron chi connectivity index (χ4n) is 3.62. The zero-order chi connectivity index (χ0) is 19.2. The Kier molecular flexibility index (Phi) is 6.45. The predicted octanol–water partition coefficient (Wildman–Crippen LogP) is 4.36. The lowest BCUT2D eigenvalue weighted by Gasteiger charge is -2.32. The number of nitrogens with one attached hydrogen (secondary N) is 1. The second-order valence-corrected chi connectivity index (χ2v) is 7.17. The van der Waals surface area contributed by atoms with E-state index in [0.29, 0.717) is 11.6 Å². The summed E-state index contributed by atoms with van der Waals surface area (Å²) in [5.41, 5.74) is 2.05. The number of piperidine rings is 1. The number of halogens is 1. The molecule has 144 valence electrons. The number of nitrogens with zero attached hydrogens (tertiary/aromatic N) is 1. The number of methoxy groups -OCH3 is 1. The molecule has 2 aromatic rings. The molecule has 27 heavy (non-hydrogen) atoms. The van der Waals surface area contributed by atoms with Gasteiger partial charge >= 0.3 is 0 Å². The van der Waals surface area contributed by atoms with Crippen LogP contribution < -0.4 is 10.1 Å². The fourth-order valence-corrected chi connectivity index (χ4v) is 3.62. The molecule has 1 heterocycles. The van der Waals surface area contributed by atoms with Crippen molar-refractivity contribution in [2.45, 2.75) is 26.3 Å². The first-order valence-corrected chi connectivity index (χ1v) is 9.45. The van der Waals surface area contributed by atoms with Gasteiger partial charge in [-0.05, 0) is 68.6 Å². The van der Waals surface area contributed by atoms with Gasteiger partial charge in [0.1, 0.15) is 11.6 Å². The Morgan fingerprint density at radius 1 is 1.19 bits per heavy atom. The molecule has 0 atom stereocenters. The van der Waals surface area contributed by atoms with Crippen molar-refractivity contribution in [2.75, 3.05) is 32.1 Å². The number of carbonyl (C=O) groups excluding carboxylic acids is 1. The monoisotopic (exact) mass is 370 g/mol. The number of ether oxygens (including phenoxy) is 1. The van der Waals surface area contributed by atoms with Gasteiger partial charge in [-0.1, -0.05) is 18.2 Å². The number of likely N-dealkylation sites (tertiary alicyclic amines) is 1. The van der Waals surface area contributed by atoms with Crippen molar-refractivity contribution in [3.05, 3.63) is 59.4 Å². The second-order valence-electron chi connectivity index (χ2n) is 7.17. The predicted molar refractivity (Wildman–Crippen MR) is 106 cm³/mol. The fraction of sp³-hybridized carbons (Fsp3) is 0.409. The summed E-state index contributed by atoms with van der Waals surface area (Å²) in [6.45, 7) is 5.20. The third-order valence-electron chi connectivity index (χ3n) is 5.22. The van der Waals surface area contributed by atoms with Gasteiger partial charge in [-0.25, -0.2) is 4.39 Å². The first kappa shape index (κ1) is 19.4. The highest BCUT2D eigenvalue weighted by atomic mass is 19.1. The highest BCUT2D eigenvalue weighted by Crippen LogP contribution is 2.23.